The van der Waals surface area contributed by atoms with Crippen LogP contribution in [0, 0.1) is 28.4 Å². The molecule has 0 saturated heterocycles. The molecule has 0 aromatic heterocycles. The van der Waals surface area contributed by atoms with Crippen molar-refractivity contribution in [3.05, 3.63) is 38.9 Å². The van der Waals surface area contributed by atoms with E-state index in [0.29, 0.717) is 11.8 Å². The fourth-order valence-electron chi connectivity index (χ4n) is 1.15. The van der Waals surface area contributed by atoms with Crippen molar-refractivity contribution in [3.63, 3.8) is 0 Å². The highest BCUT2D eigenvalue weighted by Gasteiger charge is 2.17. The number of aldehydes is 1. The molecule has 0 aliphatic rings. The zero-order valence-corrected chi connectivity index (χ0v) is 7.35. The lowest BCUT2D eigenvalue weighted by molar-refractivity contribution is -0.385. The number of carbonyl (C=O) groups is 1. The highest BCUT2D eigenvalue weighted by atomic mass is 16.6. The zero-order valence-electron chi connectivity index (χ0n) is 7.35. The van der Waals surface area contributed by atoms with Crippen molar-refractivity contribution < 1.29 is 9.72 Å². The van der Waals surface area contributed by atoms with E-state index in [2.05, 4.69) is 0 Å². The van der Waals surface area contributed by atoms with E-state index >= 15 is 0 Å². The number of hydrogen-bond acceptors (Lipinski definition) is 4. The van der Waals surface area contributed by atoms with E-state index in [0.717, 1.165) is 0 Å². The van der Waals surface area contributed by atoms with Gasteiger partial charge >= 0.3 is 0 Å². The van der Waals surface area contributed by atoms with Crippen molar-refractivity contribution >= 4 is 12.0 Å². The fraction of sp³-hybridized carbons (Fsp3) is 0.111. The number of rotatable bonds is 2. The molecule has 0 aliphatic carbocycles. The van der Waals surface area contributed by atoms with Gasteiger partial charge in [0.1, 0.15) is 11.6 Å². The normalized spacial score (nSPS) is 9.14. The molecule has 0 heterocycles. The summed E-state index contributed by atoms with van der Waals surface area (Å²) in [7, 11) is 0. The molecule has 0 spiro atoms. The van der Waals surface area contributed by atoms with E-state index in [-0.39, 0.29) is 16.8 Å². The Morgan fingerprint density at radius 1 is 1.57 bits per heavy atom. The first kappa shape index (κ1) is 9.86. The molecule has 1 aromatic rings. The number of nitro benzene ring substituents is 1. The second-order valence-corrected chi connectivity index (χ2v) is 2.74. The Hall–Kier alpha value is -2.22. The van der Waals surface area contributed by atoms with Crippen LogP contribution in [0.25, 0.3) is 0 Å². The summed E-state index contributed by atoms with van der Waals surface area (Å²) >= 11 is 0. The van der Waals surface area contributed by atoms with Crippen molar-refractivity contribution in [2.75, 3.05) is 0 Å². The van der Waals surface area contributed by atoms with Crippen LogP contribution in [-0.2, 0) is 0 Å². The van der Waals surface area contributed by atoms with Gasteiger partial charge in [-0.2, -0.15) is 5.26 Å². The van der Waals surface area contributed by atoms with Crippen LogP contribution >= 0.6 is 0 Å². The summed E-state index contributed by atoms with van der Waals surface area (Å²) in [6.45, 7) is 1.63. The SMILES string of the molecule is Cc1cc(C=O)c(C#N)c([N+](=O)[O-])c1. The molecule has 0 bridgehead atoms. The van der Waals surface area contributed by atoms with E-state index in [1.807, 2.05) is 0 Å². The number of nitrogens with zero attached hydrogens (tertiary/aromatic N) is 2. The predicted octanol–water partition coefficient (Wildman–Crippen LogP) is 1.59. The Kier molecular flexibility index (Phi) is 2.58. The van der Waals surface area contributed by atoms with Gasteiger partial charge in [-0.1, -0.05) is 0 Å². The van der Waals surface area contributed by atoms with Crippen molar-refractivity contribution in [2.24, 2.45) is 0 Å². The molecule has 0 radical (unpaired) electrons. The minimum atomic E-state index is -0.668. The lowest BCUT2D eigenvalue weighted by atomic mass is 10.0. The Balaban J connectivity index is 3.57. The third-order valence-corrected chi connectivity index (χ3v) is 1.73. The first-order chi connectivity index (χ1) is 6.60. The van der Waals surface area contributed by atoms with E-state index in [9.17, 15) is 14.9 Å². The van der Waals surface area contributed by atoms with Gasteiger partial charge in [-0.05, 0) is 18.6 Å². The summed E-state index contributed by atoms with van der Waals surface area (Å²) in [5, 5.41) is 19.2. The average molecular weight is 190 g/mol. The summed E-state index contributed by atoms with van der Waals surface area (Å²) in [6, 6.07) is 4.36. The minimum Gasteiger partial charge on any atom is -0.298 e. The van der Waals surface area contributed by atoms with Crippen LogP contribution in [0.3, 0.4) is 0 Å². The molecule has 0 fully saturated rings. The maximum Gasteiger partial charge on any atom is 0.288 e. The average Bonchev–Trinajstić information content (AvgIpc) is 2.16. The van der Waals surface area contributed by atoms with E-state index in [1.54, 1.807) is 13.0 Å². The Morgan fingerprint density at radius 2 is 2.21 bits per heavy atom. The van der Waals surface area contributed by atoms with Crippen LogP contribution in [0.2, 0.25) is 0 Å². The molecule has 5 heteroatoms. The summed E-state index contributed by atoms with van der Waals surface area (Å²) in [4.78, 5) is 20.4. The van der Waals surface area contributed by atoms with Gasteiger partial charge in [-0.15, -0.1) is 0 Å². The number of benzene rings is 1. The molecule has 0 saturated carbocycles. The largest absolute Gasteiger partial charge is 0.298 e. The molecule has 0 amide bonds. The molecular formula is C9H6N2O3. The second kappa shape index (κ2) is 3.66. The van der Waals surface area contributed by atoms with Crippen LogP contribution in [0.15, 0.2) is 12.1 Å². The van der Waals surface area contributed by atoms with Crippen LogP contribution in [0.5, 0.6) is 0 Å². The van der Waals surface area contributed by atoms with E-state index in [4.69, 9.17) is 5.26 Å². The van der Waals surface area contributed by atoms with Gasteiger partial charge in [0.25, 0.3) is 5.69 Å². The van der Waals surface area contributed by atoms with Gasteiger partial charge in [0.2, 0.25) is 0 Å². The predicted molar refractivity (Wildman–Crippen MR) is 47.9 cm³/mol. The standard InChI is InChI=1S/C9H6N2O3/c1-6-2-7(5-12)8(4-10)9(3-6)11(13)14/h2-3,5H,1H3. The van der Waals surface area contributed by atoms with Crippen LogP contribution in [-0.4, -0.2) is 11.2 Å². The molecule has 0 unspecified atom stereocenters. The second-order valence-electron chi connectivity index (χ2n) is 2.74. The summed E-state index contributed by atoms with van der Waals surface area (Å²) in [6.07, 6.45) is 0.443. The molecule has 0 aliphatic heterocycles. The molecule has 0 N–H and O–H groups in total. The van der Waals surface area contributed by atoms with Crippen molar-refractivity contribution in [1.29, 1.82) is 5.26 Å². The molecule has 1 rings (SSSR count). The monoisotopic (exact) mass is 190 g/mol. The number of nitro groups is 1. The number of carbonyl (C=O) groups excluding carboxylic acids is 1. The van der Waals surface area contributed by atoms with E-state index in [1.165, 1.54) is 12.1 Å². The highest BCUT2D eigenvalue weighted by molar-refractivity contribution is 5.82. The van der Waals surface area contributed by atoms with Gasteiger partial charge in [0.05, 0.1) is 4.92 Å². The molecular weight excluding hydrogens is 184 g/mol. The molecule has 70 valence electrons. The number of aryl methyl sites for hydroxylation is 1. The lowest BCUT2D eigenvalue weighted by Crippen LogP contribution is -1.97. The lowest BCUT2D eigenvalue weighted by Gasteiger charge is -1.99. The minimum absolute atomic E-state index is 0.0548. The Morgan fingerprint density at radius 3 is 2.64 bits per heavy atom. The van der Waals surface area contributed by atoms with Gasteiger partial charge in [-0.3, -0.25) is 14.9 Å². The summed E-state index contributed by atoms with van der Waals surface area (Å²) in [5.74, 6) is 0. The Bertz CT molecular complexity index is 446. The topological polar surface area (TPSA) is 84.0 Å². The maximum absolute atomic E-state index is 10.5. The molecule has 5 nitrogen and oxygen atoms in total. The fourth-order valence-corrected chi connectivity index (χ4v) is 1.15. The molecule has 0 atom stereocenters. The van der Waals surface area contributed by atoms with Gasteiger partial charge in [0, 0.05) is 11.6 Å². The van der Waals surface area contributed by atoms with Gasteiger partial charge < -0.3 is 0 Å². The quantitative estimate of drug-likeness (QED) is 0.402. The molecule has 14 heavy (non-hydrogen) atoms. The Labute approximate surface area is 79.7 Å². The summed E-state index contributed by atoms with van der Waals surface area (Å²) in [5.41, 5.74) is 0.127. The smallest absolute Gasteiger partial charge is 0.288 e. The first-order valence-electron chi connectivity index (χ1n) is 3.74. The highest BCUT2D eigenvalue weighted by Crippen LogP contribution is 2.22. The van der Waals surface area contributed by atoms with Crippen molar-refractivity contribution in [1.82, 2.24) is 0 Å². The van der Waals surface area contributed by atoms with Crippen molar-refractivity contribution in [2.45, 2.75) is 6.92 Å². The summed E-state index contributed by atoms with van der Waals surface area (Å²) < 4.78 is 0. The van der Waals surface area contributed by atoms with Crippen LogP contribution in [0.1, 0.15) is 21.5 Å². The van der Waals surface area contributed by atoms with E-state index < -0.39 is 4.92 Å². The van der Waals surface area contributed by atoms with Gasteiger partial charge in [-0.25, -0.2) is 0 Å². The van der Waals surface area contributed by atoms with Crippen molar-refractivity contribution in [3.8, 4) is 6.07 Å². The zero-order chi connectivity index (χ0) is 10.7. The maximum atomic E-state index is 10.5. The number of hydrogen-bond donors (Lipinski definition) is 0. The number of nitriles is 1. The third-order valence-electron chi connectivity index (χ3n) is 1.73. The van der Waals surface area contributed by atoms with Crippen LogP contribution < -0.4 is 0 Å². The third kappa shape index (κ3) is 1.59. The molecule has 1 aromatic carbocycles. The first-order valence-corrected chi connectivity index (χ1v) is 3.74. The van der Waals surface area contributed by atoms with Gasteiger partial charge in [0.15, 0.2) is 6.29 Å². The van der Waals surface area contributed by atoms with Crippen LogP contribution in [0.4, 0.5) is 5.69 Å².